The summed E-state index contributed by atoms with van der Waals surface area (Å²) in [5, 5.41) is 0. The van der Waals surface area contributed by atoms with Crippen LogP contribution in [0.15, 0.2) is 0 Å². The molecule has 0 aliphatic heterocycles. The molecule has 3 saturated carbocycles. The van der Waals surface area contributed by atoms with Gasteiger partial charge in [-0.3, -0.25) is 0 Å². The smallest absolute Gasteiger partial charge is 0.111 e. The maximum absolute atomic E-state index is 13.6. The zero-order chi connectivity index (χ0) is 7.95. The van der Waals surface area contributed by atoms with E-state index in [0.29, 0.717) is 0 Å². The molecule has 0 aromatic carbocycles. The molecular weight excluding hydrogens is 143 g/mol. The second kappa shape index (κ2) is 2.19. The number of alkyl halides is 1. The Bertz CT molecular complexity index is 142. The number of hydrogen-bond acceptors (Lipinski definition) is 1. The molecule has 3 rings (SSSR count). The van der Waals surface area contributed by atoms with Gasteiger partial charge in [0.1, 0.15) is 5.67 Å². The first-order chi connectivity index (χ1) is 5.18. The number of halogens is 1. The molecule has 0 unspecified atom stereocenters. The average Bonchev–Trinajstić information content (AvgIpc) is 2.07. The van der Waals surface area contributed by atoms with E-state index in [9.17, 15) is 4.39 Å². The number of rotatable bonds is 1. The Kier molecular flexibility index (Phi) is 1.50. The lowest BCUT2D eigenvalue weighted by Crippen LogP contribution is -2.48. The first-order valence-corrected chi connectivity index (χ1v) is 4.42. The van der Waals surface area contributed by atoms with E-state index in [2.05, 4.69) is 0 Å². The lowest BCUT2D eigenvalue weighted by molar-refractivity contribution is -0.124. The van der Waals surface area contributed by atoms with Crippen molar-refractivity contribution in [3.63, 3.8) is 0 Å². The number of fused-ring (bicyclic) bond motifs is 3. The molecule has 0 aromatic heterocycles. The molecule has 2 bridgehead atoms. The van der Waals surface area contributed by atoms with Gasteiger partial charge in [-0.15, -0.1) is 0 Å². The summed E-state index contributed by atoms with van der Waals surface area (Å²) >= 11 is 0. The normalized spacial score (nSPS) is 49.6. The minimum absolute atomic E-state index is 0.0633. The highest BCUT2D eigenvalue weighted by molar-refractivity contribution is 5.01. The maximum atomic E-state index is 13.6. The molecule has 2 heteroatoms. The highest BCUT2D eigenvalue weighted by Crippen LogP contribution is 2.50. The molecule has 11 heavy (non-hydrogen) atoms. The molecule has 0 radical (unpaired) electrons. The van der Waals surface area contributed by atoms with Crippen LogP contribution >= 0.6 is 0 Å². The van der Waals surface area contributed by atoms with E-state index in [4.69, 9.17) is 4.74 Å². The Morgan fingerprint density at radius 1 is 1.00 bits per heavy atom. The first kappa shape index (κ1) is 7.53. The summed E-state index contributed by atoms with van der Waals surface area (Å²) in [6.07, 6.45) is 4.96. The van der Waals surface area contributed by atoms with Crippen molar-refractivity contribution in [3.8, 4) is 0 Å². The fourth-order valence-corrected chi connectivity index (χ4v) is 2.41. The van der Waals surface area contributed by atoms with Crippen molar-refractivity contribution in [1.82, 2.24) is 0 Å². The van der Waals surface area contributed by atoms with Crippen LogP contribution in [0, 0.1) is 0 Å². The molecule has 0 saturated heterocycles. The van der Waals surface area contributed by atoms with E-state index in [1.807, 2.05) is 0 Å². The lowest BCUT2D eigenvalue weighted by atomic mass is 9.66. The van der Waals surface area contributed by atoms with Crippen molar-refractivity contribution >= 4 is 0 Å². The Labute approximate surface area is 66.9 Å². The summed E-state index contributed by atoms with van der Waals surface area (Å²) in [7, 11) is 1.76. The number of methoxy groups -OCH3 is 1. The molecule has 3 aliphatic rings. The van der Waals surface area contributed by atoms with E-state index in [0.717, 1.165) is 38.5 Å². The summed E-state index contributed by atoms with van der Waals surface area (Å²) in [5.41, 5.74) is -0.756. The van der Waals surface area contributed by atoms with Crippen LogP contribution in [-0.4, -0.2) is 18.4 Å². The minimum atomic E-state index is -0.819. The summed E-state index contributed by atoms with van der Waals surface area (Å²) in [6.45, 7) is 0. The van der Waals surface area contributed by atoms with Crippen LogP contribution in [0.1, 0.15) is 38.5 Å². The highest BCUT2D eigenvalue weighted by Gasteiger charge is 2.49. The van der Waals surface area contributed by atoms with Gasteiger partial charge in [-0.1, -0.05) is 0 Å². The maximum Gasteiger partial charge on any atom is 0.111 e. The predicted octanol–water partition coefficient (Wildman–Crippen LogP) is 2.45. The third-order valence-electron chi connectivity index (χ3n) is 3.52. The molecule has 0 N–H and O–H groups in total. The quantitative estimate of drug-likeness (QED) is 0.569. The van der Waals surface area contributed by atoms with Gasteiger partial charge in [0, 0.05) is 7.11 Å². The van der Waals surface area contributed by atoms with E-state index in [1.165, 1.54) is 0 Å². The third-order valence-corrected chi connectivity index (χ3v) is 3.52. The standard InChI is InChI=1S/C9H15FO/c1-11-9-5-2-8(10,3-6-9)4-7-9/h2-7H2,1H3. The van der Waals surface area contributed by atoms with Gasteiger partial charge in [0.25, 0.3) is 0 Å². The molecule has 1 nitrogen and oxygen atoms in total. The monoisotopic (exact) mass is 158 g/mol. The van der Waals surface area contributed by atoms with Gasteiger partial charge in [0.15, 0.2) is 0 Å². The second-order valence-electron chi connectivity index (χ2n) is 4.04. The van der Waals surface area contributed by atoms with Crippen molar-refractivity contribution in [3.05, 3.63) is 0 Å². The first-order valence-electron chi connectivity index (χ1n) is 4.42. The Balaban J connectivity index is 2.12. The fourth-order valence-electron chi connectivity index (χ4n) is 2.41. The summed E-state index contributed by atoms with van der Waals surface area (Å²) in [5.74, 6) is 0. The van der Waals surface area contributed by atoms with Crippen LogP contribution in [0.5, 0.6) is 0 Å². The minimum Gasteiger partial charge on any atom is -0.378 e. The van der Waals surface area contributed by atoms with Crippen molar-refractivity contribution in [1.29, 1.82) is 0 Å². The lowest BCUT2D eigenvalue weighted by Gasteiger charge is -2.48. The van der Waals surface area contributed by atoms with Gasteiger partial charge in [-0.05, 0) is 38.5 Å². The van der Waals surface area contributed by atoms with Gasteiger partial charge in [-0.25, -0.2) is 4.39 Å². The Morgan fingerprint density at radius 2 is 1.45 bits per heavy atom. The summed E-state index contributed by atoms with van der Waals surface area (Å²) in [4.78, 5) is 0. The van der Waals surface area contributed by atoms with E-state index in [-0.39, 0.29) is 5.60 Å². The van der Waals surface area contributed by atoms with Crippen LogP contribution in [0.25, 0.3) is 0 Å². The van der Waals surface area contributed by atoms with Gasteiger partial charge in [-0.2, -0.15) is 0 Å². The van der Waals surface area contributed by atoms with Crippen molar-refractivity contribution < 1.29 is 9.13 Å². The van der Waals surface area contributed by atoms with Crippen molar-refractivity contribution in [2.75, 3.05) is 7.11 Å². The average molecular weight is 158 g/mol. The molecule has 3 fully saturated rings. The molecular formula is C9H15FO. The van der Waals surface area contributed by atoms with Crippen molar-refractivity contribution in [2.45, 2.75) is 49.8 Å². The summed E-state index contributed by atoms with van der Waals surface area (Å²) < 4.78 is 19.0. The van der Waals surface area contributed by atoms with Crippen LogP contribution in [-0.2, 0) is 4.74 Å². The number of ether oxygens (including phenoxy) is 1. The van der Waals surface area contributed by atoms with Crippen LogP contribution in [0.4, 0.5) is 4.39 Å². The second-order valence-corrected chi connectivity index (χ2v) is 4.04. The zero-order valence-corrected chi connectivity index (χ0v) is 7.03. The van der Waals surface area contributed by atoms with E-state index < -0.39 is 5.67 Å². The SMILES string of the molecule is COC12CCC(F)(CC1)CC2. The Morgan fingerprint density at radius 3 is 1.82 bits per heavy atom. The van der Waals surface area contributed by atoms with Gasteiger partial charge in [0.05, 0.1) is 5.60 Å². The van der Waals surface area contributed by atoms with Crippen LogP contribution in [0.2, 0.25) is 0 Å². The molecule has 3 aliphatic carbocycles. The van der Waals surface area contributed by atoms with Crippen LogP contribution in [0.3, 0.4) is 0 Å². The van der Waals surface area contributed by atoms with Gasteiger partial charge >= 0.3 is 0 Å². The van der Waals surface area contributed by atoms with E-state index >= 15 is 0 Å². The van der Waals surface area contributed by atoms with Crippen molar-refractivity contribution in [2.24, 2.45) is 0 Å². The molecule has 0 heterocycles. The molecule has 0 amide bonds. The molecule has 0 spiro atoms. The Hall–Kier alpha value is -0.110. The predicted molar refractivity (Wildman–Crippen MR) is 41.3 cm³/mol. The van der Waals surface area contributed by atoms with Gasteiger partial charge < -0.3 is 4.74 Å². The largest absolute Gasteiger partial charge is 0.378 e. The summed E-state index contributed by atoms with van der Waals surface area (Å²) in [6, 6.07) is 0. The third kappa shape index (κ3) is 1.08. The molecule has 0 aromatic rings. The topological polar surface area (TPSA) is 9.23 Å². The molecule has 64 valence electrons. The zero-order valence-electron chi connectivity index (χ0n) is 7.03. The fraction of sp³-hybridized carbons (Fsp3) is 1.00. The van der Waals surface area contributed by atoms with Gasteiger partial charge in [0.2, 0.25) is 0 Å². The molecule has 0 atom stereocenters. The van der Waals surface area contributed by atoms with Crippen LogP contribution < -0.4 is 0 Å². The number of hydrogen-bond donors (Lipinski definition) is 0. The van der Waals surface area contributed by atoms with E-state index in [1.54, 1.807) is 7.11 Å². The highest BCUT2D eigenvalue weighted by atomic mass is 19.1.